The number of aromatic nitrogens is 1. The van der Waals surface area contributed by atoms with Crippen molar-refractivity contribution in [3.63, 3.8) is 0 Å². The van der Waals surface area contributed by atoms with Gasteiger partial charge in [0.1, 0.15) is 0 Å². The molecule has 0 aliphatic heterocycles. The van der Waals surface area contributed by atoms with Gasteiger partial charge in [0, 0.05) is 24.8 Å². The van der Waals surface area contributed by atoms with Crippen molar-refractivity contribution in [1.29, 1.82) is 0 Å². The Morgan fingerprint density at radius 1 is 1.12 bits per heavy atom. The van der Waals surface area contributed by atoms with E-state index in [9.17, 15) is 0 Å². The number of pyridine rings is 1. The monoisotopic (exact) mass is 440 g/mol. The first-order chi connectivity index (χ1) is 11.3. The second kappa shape index (κ2) is 11.7. The van der Waals surface area contributed by atoms with E-state index in [4.69, 9.17) is 4.74 Å². The first-order valence-corrected chi connectivity index (χ1v) is 7.87. The zero-order valence-corrected chi connectivity index (χ0v) is 16.5. The van der Waals surface area contributed by atoms with Crippen molar-refractivity contribution in [2.24, 2.45) is 4.99 Å². The fraction of sp³-hybridized carbons (Fsp3) is 0.333. The minimum absolute atomic E-state index is 0. The molecule has 0 bridgehead atoms. The summed E-state index contributed by atoms with van der Waals surface area (Å²) in [4.78, 5) is 8.79. The highest BCUT2D eigenvalue weighted by atomic mass is 127. The van der Waals surface area contributed by atoms with Gasteiger partial charge in [-0.05, 0) is 25.0 Å². The van der Waals surface area contributed by atoms with E-state index in [-0.39, 0.29) is 24.0 Å². The quantitative estimate of drug-likeness (QED) is 0.395. The summed E-state index contributed by atoms with van der Waals surface area (Å²) in [5.41, 5.74) is 2.28. The second-order valence-corrected chi connectivity index (χ2v) is 5.03. The molecule has 2 N–H and O–H groups in total. The van der Waals surface area contributed by atoms with Crippen LogP contribution in [0.5, 0.6) is 5.88 Å². The molecule has 1 heterocycles. The Morgan fingerprint density at radius 3 is 2.62 bits per heavy atom. The molecular formula is C18H25IN4O. The molecule has 130 valence electrons. The normalized spacial score (nSPS) is 10.7. The van der Waals surface area contributed by atoms with Crippen LogP contribution in [-0.4, -0.2) is 31.1 Å². The molecule has 0 spiro atoms. The largest absolute Gasteiger partial charge is 0.481 e. The van der Waals surface area contributed by atoms with Crippen LogP contribution in [0, 0.1) is 0 Å². The van der Waals surface area contributed by atoms with Crippen LogP contribution in [0.1, 0.15) is 18.1 Å². The minimum atomic E-state index is 0. The van der Waals surface area contributed by atoms with Crippen molar-refractivity contribution < 1.29 is 4.74 Å². The summed E-state index contributed by atoms with van der Waals surface area (Å²) in [6.07, 6.45) is 2.68. The van der Waals surface area contributed by atoms with Gasteiger partial charge < -0.3 is 15.4 Å². The topological polar surface area (TPSA) is 58.5 Å². The first kappa shape index (κ1) is 20.2. The number of ether oxygens (including phenoxy) is 1. The zero-order chi connectivity index (χ0) is 16.3. The van der Waals surface area contributed by atoms with Crippen molar-refractivity contribution in [2.75, 3.05) is 20.2 Å². The smallest absolute Gasteiger partial charge is 0.218 e. The van der Waals surface area contributed by atoms with Crippen LogP contribution in [0.15, 0.2) is 53.7 Å². The number of rotatable bonds is 7. The number of benzene rings is 1. The van der Waals surface area contributed by atoms with Gasteiger partial charge in [-0.15, -0.1) is 24.0 Å². The Kier molecular flexibility index (Phi) is 9.83. The third kappa shape index (κ3) is 6.74. The Hall–Kier alpha value is -1.83. The third-order valence-corrected chi connectivity index (χ3v) is 3.34. The summed E-state index contributed by atoms with van der Waals surface area (Å²) >= 11 is 0. The summed E-state index contributed by atoms with van der Waals surface area (Å²) in [5, 5.41) is 6.61. The lowest BCUT2D eigenvalue weighted by molar-refractivity contribution is 0.392. The molecule has 0 radical (unpaired) electrons. The predicted molar refractivity (Wildman–Crippen MR) is 109 cm³/mol. The van der Waals surface area contributed by atoms with Crippen LogP contribution in [0.25, 0.3) is 0 Å². The molecule has 1 aromatic heterocycles. The van der Waals surface area contributed by atoms with Gasteiger partial charge in [0.15, 0.2) is 5.96 Å². The van der Waals surface area contributed by atoms with Gasteiger partial charge in [-0.2, -0.15) is 0 Å². The van der Waals surface area contributed by atoms with Crippen molar-refractivity contribution in [1.82, 2.24) is 15.6 Å². The van der Waals surface area contributed by atoms with Crippen LogP contribution < -0.4 is 15.4 Å². The van der Waals surface area contributed by atoms with E-state index >= 15 is 0 Å². The number of halogens is 1. The average Bonchev–Trinajstić information content (AvgIpc) is 2.61. The van der Waals surface area contributed by atoms with Crippen LogP contribution in [0.4, 0.5) is 0 Å². The maximum absolute atomic E-state index is 5.26. The summed E-state index contributed by atoms with van der Waals surface area (Å²) in [7, 11) is 1.62. The molecule has 1 aromatic carbocycles. The zero-order valence-electron chi connectivity index (χ0n) is 14.2. The highest BCUT2D eigenvalue weighted by molar-refractivity contribution is 14.0. The lowest BCUT2D eigenvalue weighted by atomic mass is 10.1. The molecule has 6 heteroatoms. The van der Waals surface area contributed by atoms with Crippen molar-refractivity contribution >= 4 is 29.9 Å². The van der Waals surface area contributed by atoms with Gasteiger partial charge in [0.05, 0.1) is 13.7 Å². The van der Waals surface area contributed by atoms with Gasteiger partial charge >= 0.3 is 0 Å². The Morgan fingerprint density at radius 2 is 1.92 bits per heavy atom. The van der Waals surface area contributed by atoms with E-state index in [0.717, 1.165) is 31.0 Å². The van der Waals surface area contributed by atoms with Crippen molar-refractivity contribution in [3.05, 3.63) is 59.8 Å². The van der Waals surface area contributed by atoms with Gasteiger partial charge in [-0.3, -0.25) is 0 Å². The molecule has 2 rings (SSSR count). The number of methoxy groups -OCH3 is 1. The number of hydrogen-bond donors (Lipinski definition) is 2. The third-order valence-electron chi connectivity index (χ3n) is 3.34. The van der Waals surface area contributed by atoms with Crippen LogP contribution in [0.2, 0.25) is 0 Å². The van der Waals surface area contributed by atoms with Gasteiger partial charge in [-0.25, -0.2) is 9.98 Å². The highest BCUT2D eigenvalue weighted by Crippen LogP contribution is 2.14. The number of hydrogen-bond acceptors (Lipinski definition) is 3. The molecule has 24 heavy (non-hydrogen) atoms. The Labute approximate surface area is 161 Å². The molecule has 0 saturated carbocycles. The van der Waals surface area contributed by atoms with Gasteiger partial charge in [0.2, 0.25) is 5.88 Å². The number of nitrogens with zero attached hydrogens (tertiary/aromatic N) is 2. The van der Waals surface area contributed by atoms with Gasteiger partial charge in [-0.1, -0.05) is 36.4 Å². The van der Waals surface area contributed by atoms with E-state index in [1.165, 1.54) is 5.56 Å². The SMILES string of the molecule is CCNC(=NCc1cccnc1OC)NCCc1ccccc1.I. The lowest BCUT2D eigenvalue weighted by Crippen LogP contribution is -2.38. The van der Waals surface area contributed by atoms with Crippen LogP contribution >= 0.6 is 24.0 Å². The van der Waals surface area contributed by atoms with E-state index in [0.29, 0.717) is 12.4 Å². The molecule has 0 atom stereocenters. The maximum atomic E-state index is 5.26. The molecule has 0 fully saturated rings. The van der Waals surface area contributed by atoms with E-state index in [1.54, 1.807) is 13.3 Å². The number of nitrogens with one attached hydrogen (secondary N) is 2. The average molecular weight is 440 g/mol. The summed E-state index contributed by atoms with van der Waals surface area (Å²) in [6.45, 7) is 4.23. The molecule has 0 amide bonds. The summed E-state index contributed by atoms with van der Waals surface area (Å²) in [6, 6.07) is 14.3. The standard InChI is InChI=1S/C18H24N4O.HI/c1-3-19-18(21-13-11-15-8-5-4-6-9-15)22-14-16-10-7-12-20-17(16)23-2;/h4-10,12H,3,11,13-14H2,1-2H3,(H2,19,21,22);1H. The number of aliphatic imine (C=N–C) groups is 1. The molecule has 0 unspecified atom stereocenters. The summed E-state index contributed by atoms with van der Waals surface area (Å²) < 4.78 is 5.26. The van der Waals surface area contributed by atoms with Crippen molar-refractivity contribution in [3.8, 4) is 5.88 Å². The summed E-state index contributed by atoms with van der Waals surface area (Å²) in [5.74, 6) is 1.42. The molecular weight excluding hydrogens is 415 g/mol. The minimum Gasteiger partial charge on any atom is -0.481 e. The van der Waals surface area contributed by atoms with E-state index < -0.39 is 0 Å². The molecule has 0 aliphatic rings. The van der Waals surface area contributed by atoms with Gasteiger partial charge in [0.25, 0.3) is 0 Å². The van der Waals surface area contributed by atoms with E-state index in [1.807, 2.05) is 18.2 Å². The molecule has 5 nitrogen and oxygen atoms in total. The molecule has 0 aliphatic carbocycles. The Balaban J connectivity index is 0.00000288. The van der Waals surface area contributed by atoms with Crippen molar-refractivity contribution in [2.45, 2.75) is 19.9 Å². The molecule has 2 aromatic rings. The fourth-order valence-corrected chi connectivity index (χ4v) is 2.20. The fourth-order valence-electron chi connectivity index (χ4n) is 2.20. The highest BCUT2D eigenvalue weighted by Gasteiger charge is 2.03. The first-order valence-electron chi connectivity index (χ1n) is 7.87. The van der Waals surface area contributed by atoms with Crippen LogP contribution in [0.3, 0.4) is 0 Å². The van der Waals surface area contributed by atoms with E-state index in [2.05, 4.69) is 51.8 Å². The maximum Gasteiger partial charge on any atom is 0.218 e. The predicted octanol–water partition coefficient (Wildman–Crippen LogP) is 3.01. The Bertz CT molecular complexity index is 619. The molecule has 0 saturated heterocycles. The second-order valence-electron chi connectivity index (χ2n) is 5.03. The number of guanidine groups is 1. The van der Waals surface area contributed by atoms with Crippen LogP contribution in [-0.2, 0) is 13.0 Å². The lowest BCUT2D eigenvalue weighted by Gasteiger charge is -2.12.